The van der Waals surface area contributed by atoms with Gasteiger partial charge in [-0.1, -0.05) is 59.1 Å². The minimum Gasteiger partial charge on any atom is -0.356 e. The number of hydrogen-bond donors (Lipinski definition) is 2. The van der Waals surface area contributed by atoms with Crippen molar-refractivity contribution < 1.29 is 9.59 Å². The first-order valence-corrected chi connectivity index (χ1v) is 13.2. The molecule has 0 saturated heterocycles. The fourth-order valence-corrected chi connectivity index (χ4v) is 5.58. The molecule has 35 heavy (non-hydrogen) atoms. The maximum Gasteiger partial charge on any atom is 0.220 e. The fourth-order valence-electron chi connectivity index (χ4n) is 5.00. The topological polar surface area (TPSA) is 61.4 Å². The van der Waals surface area contributed by atoms with E-state index < -0.39 is 0 Å². The maximum absolute atomic E-state index is 12.5. The molecule has 1 aliphatic rings. The molecule has 2 aromatic rings. The SMILES string of the molecule is Cc1cccc(CC2(N(C)C)CCC(NC(=O)CCC(=O)NCCc3c(Cl)cccc3Cl)CC2)c1. The molecule has 0 bridgehead atoms. The van der Waals surface area contributed by atoms with E-state index in [4.69, 9.17) is 23.2 Å². The highest BCUT2D eigenvalue weighted by Crippen LogP contribution is 2.35. The summed E-state index contributed by atoms with van der Waals surface area (Å²) < 4.78 is 0. The molecule has 0 aromatic heterocycles. The van der Waals surface area contributed by atoms with Crippen molar-refractivity contribution in [3.8, 4) is 0 Å². The first-order chi connectivity index (χ1) is 16.7. The highest BCUT2D eigenvalue weighted by atomic mass is 35.5. The average Bonchev–Trinajstić information content (AvgIpc) is 2.81. The fraction of sp³-hybridized carbons (Fsp3) is 0.500. The van der Waals surface area contributed by atoms with E-state index in [1.165, 1.54) is 11.1 Å². The Morgan fingerprint density at radius 3 is 2.26 bits per heavy atom. The zero-order valence-corrected chi connectivity index (χ0v) is 22.5. The first-order valence-electron chi connectivity index (χ1n) is 12.4. The van der Waals surface area contributed by atoms with Crippen LogP contribution in [-0.4, -0.2) is 48.9 Å². The molecule has 2 aromatic carbocycles. The number of hydrogen-bond acceptors (Lipinski definition) is 3. The lowest BCUT2D eigenvalue weighted by atomic mass is 9.74. The molecule has 190 valence electrons. The zero-order chi connectivity index (χ0) is 25.4. The Morgan fingerprint density at radius 2 is 1.63 bits per heavy atom. The van der Waals surface area contributed by atoms with Crippen molar-refractivity contribution in [2.45, 2.75) is 69.9 Å². The summed E-state index contributed by atoms with van der Waals surface area (Å²) in [5, 5.41) is 7.19. The minimum absolute atomic E-state index is 0.0599. The Labute approximate surface area is 219 Å². The second-order valence-electron chi connectivity index (χ2n) is 9.93. The van der Waals surface area contributed by atoms with Crippen LogP contribution >= 0.6 is 23.2 Å². The zero-order valence-electron chi connectivity index (χ0n) is 21.0. The van der Waals surface area contributed by atoms with Crippen molar-refractivity contribution in [1.82, 2.24) is 15.5 Å². The minimum atomic E-state index is -0.142. The molecule has 1 aliphatic carbocycles. The largest absolute Gasteiger partial charge is 0.356 e. The predicted octanol–water partition coefficient (Wildman–Crippen LogP) is 5.34. The van der Waals surface area contributed by atoms with E-state index in [2.05, 4.69) is 60.8 Å². The third-order valence-electron chi connectivity index (χ3n) is 7.18. The number of aryl methyl sites for hydroxylation is 1. The van der Waals surface area contributed by atoms with Crippen LogP contribution in [0.5, 0.6) is 0 Å². The van der Waals surface area contributed by atoms with E-state index in [-0.39, 0.29) is 36.2 Å². The van der Waals surface area contributed by atoms with Crippen molar-refractivity contribution in [2.75, 3.05) is 20.6 Å². The maximum atomic E-state index is 12.5. The number of carbonyl (C=O) groups is 2. The smallest absolute Gasteiger partial charge is 0.220 e. The van der Waals surface area contributed by atoms with Crippen molar-refractivity contribution in [3.05, 3.63) is 69.2 Å². The molecule has 0 radical (unpaired) electrons. The van der Waals surface area contributed by atoms with Crippen molar-refractivity contribution >= 4 is 35.0 Å². The molecule has 0 atom stereocenters. The van der Waals surface area contributed by atoms with Gasteiger partial charge >= 0.3 is 0 Å². The van der Waals surface area contributed by atoms with Crippen LogP contribution in [0.3, 0.4) is 0 Å². The summed E-state index contributed by atoms with van der Waals surface area (Å²) in [6.45, 7) is 2.56. The van der Waals surface area contributed by atoms with E-state index in [9.17, 15) is 9.59 Å². The Bertz CT molecular complexity index is 997. The summed E-state index contributed by atoms with van der Waals surface area (Å²) in [5.74, 6) is -0.202. The van der Waals surface area contributed by atoms with Gasteiger partial charge in [0.05, 0.1) is 0 Å². The number of benzene rings is 2. The number of rotatable bonds is 10. The second-order valence-corrected chi connectivity index (χ2v) is 10.7. The molecule has 0 aliphatic heterocycles. The third kappa shape index (κ3) is 7.96. The molecular weight excluding hydrogens is 481 g/mol. The third-order valence-corrected chi connectivity index (χ3v) is 7.89. The van der Waals surface area contributed by atoms with Gasteiger partial charge in [-0.25, -0.2) is 0 Å². The summed E-state index contributed by atoms with van der Waals surface area (Å²) in [4.78, 5) is 27.0. The molecule has 0 heterocycles. The molecule has 5 nitrogen and oxygen atoms in total. The molecule has 3 rings (SSSR count). The molecule has 1 saturated carbocycles. The molecule has 2 N–H and O–H groups in total. The Kier molecular flexibility index (Phi) is 10.0. The van der Waals surface area contributed by atoms with Gasteiger partial charge in [0, 0.05) is 41.0 Å². The van der Waals surface area contributed by atoms with Gasteiger partial charge in [0.2, 0.25) is 11.8 Å². The lowest BCUT2D eigenvalue weighted by Gasteiger charge is -2.45. The van der Waals surface area contributed by atoms with Crippen LogP contribution in [0.2, 0.25) is 10.0 Å². The summed E-state index contributed by atoms with van der Waals surface area (Å²) in [6, 6.07) is 14.3. The molecule has 0 unspecified atom stereocenters. The number of likely N-dealkylation sites (N-methyl/N-ethyl adjacent to an activating group) is 1. The van der Waals surface area contributed by atoms with Crippen LogP contribution < -0.4 is 10.6 Å². The van der Waals surface area contributed by atoms with Crippen LogP contribution in [-0.2, 0) is 22.4 Å². The van der Waals surface area contributed by atoms with E-state index in [1.807, 2.05) is 0 Å². The van der Waals surface area contributed by atoms with Crippen LogP contribution in [0.25, 0.3) is 0 Å². The normalized spacial score (nSPS) is 20.0. The van der Waals surface area contributed by atoms with Gasteiger partial charge in [0.1, 0.15) is 0 Å². The monoisotopic (exact) mass is 517 g/mol. The summed E-state index contributed by atoms with van der Waals surface area (Å²) in [6.07, 6.45) is 5.88. The number of halogens is 2. The predicted molar refractivity (Wildman–Crippen MR) is 144 cm³/mol. The average molecular weight is 519 g/mol. The van der Waals surface area contributed by atoms with Gasteiger partial charge in [-0.2, -0.15) is 0 Å². The lowest BCUT2D eigenvalue weighted by Crippen LogP contribution is -2.52. The van der Waals surface area contributed by atoms with Crippen LogP contribution in [0, 0.1) is 6.92 Å². The number of nitrogens with one attached hydrogen (secondary N) is 2. The highest BCUT2D eigenvalue weighted by molar-refractivity contribution is 6.36. The van der Waals surface area contributed by atoms with Gasteiger partial charge < -0.3 is 15.5 Å². The lowest BCUT2D eigenvalue weighted by molar-refractivity contribution is -0.127. The Morgan fingerprint density at radius 1 is 1.00 bits per heavy atom. The first kappa shape index (κ1) is 27.5. The van der Waals surface area contributed by atoms with Crippen LogP contribution in [0.1, 0.15) is 55.2 Å². The summed E-state index contributed by atoms with van der Waals surface area (Å²) >= 11 is 12.3. The van der Waals surface area contributed by atoms with Crippen LogP contribution in [0.15, 0.2) is 42.5 Å². The van der Waals surface area contributed by atoms with E-state index in [0.29, 0.717) is 23.0 Å². The molecule has 2 amide bonds. The Balaban J connectivity index is 1.39. The van der Waals surface area contributed by atoms with Crippen molar-refractivity contribution in [2.24, 2.45) is 0 Å². The van der Waals surface area contributed by atoms with Gasteiger partial charge in [-0.3, -0.25) is 9.59 Å². The van der Waals surface area contributed by atoms with Gasteiger partial charge in [0.15, 0.2) is 0 Å². The van der Waals surface area contributed by atoms with Crippen molar-refractivity contribution in [1.29, 1.82) is 0 Å². The molecule has 7 heteroatoms. The second kappa shape index (κ2) is 12.8. The number of nitrogens with zero attached hydrogens (tertiary/aromatic N) is 1. The highest BCUT2D eigenvalue weighted by Gasteiger charge is 2.37. The number of carbonyl (C=O) groups excluding carboxylic acids is 2. The van der Waals surface area contributed by atoms with E-state index in [1.54, 1.807) is 18.2 Å². The molecular formula is C28H37Cl2N3O2. The summed E-state index contributed by atoms with van der Waals surface area (Å²) in [7, 11) is 4.32. The van der Waals surface area contributed by atoms with Crippen LogP contribution in [0.4, 0.5) is 0 Å². The molecule has 1 fully saturated rings. The van der Waals surface area contributed by atoms with Gasteiger partial charge in [0.25, 0.3) is 0 Å². The van der Waals surface area contributed by atoms with E-state index in [0.717, 1.165) is 37.7 Å². The number of amides is 2. The standard InChI is InChI=1S/C28H37Cl2N3O2/c1-20-6-4-7-21(18-20)19-28(33(2)3)15-12-22(13-16-28)32-27(35)11-10-26(34)31-17-14-23-24(29)8-5-9-25(23)30/h4-9,18,22H,10-17,19H2,1-3H3,(H,31,34)(H,32,35). The quantitative estimate of drug-likeness (QED) is 0.446. The Hall–Kier alpha value is -2.08. The molecule has 0 spiro atoms. The van der Waals surface area contributed by atoms with Gasteiger partial charge in [-0.15, -0.1) is 0 Å². The van der Waals surface area contributed by atoms with E-state index >= 15 is 0 Å². The van der Waals surface area contributed by atoms with Crippen molar-refractivity contribution in [3.63, 3.8) is 0 Å². The van der Waals surface area contributed by atoms with Gasteiger partial charge in [-0.05, 0) is 82.8 Å². The summed E-state index contributed by atoms with van der Waals surface area (Å²) in [5.41, 5.74) is 3.58.